The minimum atomic E-state index is -0.201. The molecule has 1 unspecified atom stereocenters. The third-order valence-corrected chi connectivity index (χ3v) is 5.97. The highest BCUT2D eigenvalue weighted by Crippen LogP contribution is 2.25. The minimum absolute atomic E-state index is 0.0483. The van der Waals surface area contributed by atoms with Crippen LogP contribution < -0.4 is 14.2 Å². The largest absolute Gasteiger partial charge is 0.497 e. The fraction of sp³-hybridized carbons (Fsp3) is 0.346. The van der Waals surface area contributed by atoms with E-state index in [2.05, 4.69) is 9.97 Å². The molecular formula is C26H30ClN3O4. The van der Waals surface area contributed by atoms with Gasteiger partial charge in [-0.2, -0.15) is 0 Å². The lowest BCUT2D eigenvalue weighted by molar-refractivity contribution is 0.0680. The molecule has 34 heavy (non-hydrogen) atoms. The van der Waals surface area contributed by atoms with Gasteiger partial charge in [0.25, 0.3) is 11.8 Å². The Hall–Kier alpha value is -3.32. The first-order valence-corrected chi connectivity index (χ1v) is 11.5. The predicted octanol–water partition coefficient (Wildman–Crippen LogP) is 4.86. The average Bonchev–Trinajstić information content (AvgIpc) is 2.87. The number of benzene rings is 1. The van der Waals surface area contributed by atoms with Crippen molar-refractivity contribution in [1.29, 1.82) is 0 Å². The molecule has 0 aliphatic heterocycles. The highest BCUT2D eigenvalue weighted by molar-refractivity contribution is 6.33. The van der Waals surface area contributed by atoms with Gasteiger partial charge in [-0.15, -0.1) is 0 Å². The Bertz CT molecular complexity index is 1090. The van der Waals surface area contributed by atoms with Gasteiger partial charge in [-0.25, -0.2) is 9.97 Å². The number of hydrogen-bond donors (Lipinski definition) is 0. The number of nitrogens with zero attached hydrogens (tertiary/aromatic N) is 3. The first-order valence-electron chi connectivity index (χ1n) is 11.1. The van der Waals surface area contributed by atoms with Gasteiger partial charge in [0, 0.05) is 30.9 Å². The maximum Gasteiger partial charge on any atom is 0.274 e. The van der Waals surface area contributed by atoms with E-state index in [0.717, 1.165) is 24.3 Å². The Kier molecular flexibility index (Phi) is 9.10. The van der Waals surface area contributed by atoms with Crippen LogP contribution in [0.1, 0.15) is 35.1 Å². The van der Waals surface area contributed by atoms with Crippen molar-refractivity contribution in [3.8, 4) is 17.4 Å². The van der Waals surface area contributed by atoms with Crippen molar-refractivity contribution in [1.82, 2.24) is 14.9 Å². The number of aryl methyl sites for hydroxylation is 1. The van der Waals surface area contributed by atoms with Gasteiger partial charge in [0.2, 0.25) is 0 Å². The van der Waals surface area contributed by atoms with Gasteiger partial charge < -0.3 is 19.1 Å². The molecule has 3 aromatic rings. The Labute approximate surface area is 205 Å². The SMILES string of the molecule is COc1ccc(CCC(C)N(CCc2ccc(OC)c(OC)n2)C(=O)c2ncccc2Cl)cc1. The van der Waals surface area contributed by atoms with E-state index in [1.165, 1.54) is 5.56 Å². The van der Waals surface area contributed by atoms with E-state index in [9.17, 15) is 4.79 Å². The van der Waals surface area contributed by atoms with E-state index in [0.29, 0.717) is 29.6 Å². The predicted molar refractivity (Wildman–Crippen MR) is 132 cm³/mol. The van der Waals surface area contributed by atoms with Crippen molar-refractivity contribution in [2.45, 2.75) is 32.2 Å². The molecular weight excluding hydrogens is 454 g/mol. The van der Waals surface area contributed by atoms with Gasteiger partial charge in [0.15, 0.2) is 5.75 Å². The lowest BCUT2D eigenvalue weighted by atomic mass is 10.0. The third kappa shape index (κ3) is 6.38. The van der Waals surface area contributed by atoms with Crippen LogP contribution in [0.15, 0.2) is 54.7 Å². The van der Waals surface area contributed by atoms with Gasteiger partial charge in [-0.05, 0) is 61.7 Å². The van der Waals surface area contributed by atoms with E-state index in [-0.39, 0.29) is 17.6 Å². The van der Waals surface area contributed by atoms with Gasteiger partial charge in [-0.3, -0.25) is 4.79 Å². The molecule has 1 aromatic carbocycles. The maximum atomic E-state index is 13.4. The highest BCUT2D eigenvalue weighted by atomic mass is 35.5. The standard InChI is InChI=1S/C26H30ClN3O4/c1-18(7-8-19-9-12-21(32-2)13-10-19)30(26(31)24-22(27)6-5-16-28-24)17-15-20-11-14-23(33-3)25(29-20)34-4/h5-6,9-14,16,18H,7-8,15,17H2,1-4H3. The van der Waals surface area contributed by atoms with Crippen LogP contribution in [0.3, 0.4) is 0 Å². The second-order valence-electron chi connectivity index (χ2n) is 7.83. The van der Waals surface area contributed by atoms with Crippen molar-refractivity contribution < 1.29 is 19.0 Å². The molecule has 7 nitrogen and oxygen atoms in total. The minimum Gasteiger partial charge on any atom is -0.497 e. The number of rotatable bonds is 11. The molecule has 0 spiro atoms. The number of halogens is 1. The number of methoxy groups -OCH3 is 3. The monoisotopic (exact) mass is 483 g/mol. The van der Waals surface area contributed by atoms with Crippen LogP contribution in [0.5, 0.6) is 17.4 Å². The highest BCUT2D eigenvalue weighted by Gasteiger charge is 2.24. The van der Waals surface area contributed by atoms with E-state index in [4.69, 9.17) is 25.8 Å². The van der Waals surface area contributed by atoms with Crippen molar-refractivity contribution in [2.24, 2.45) is 0 Å². The number of carbonyl (C=O) groups is 1. The van der Waals surface area contributed by atoms with Crippen molar-refractivity contribution in [2.75, 3.05) is 27.9 Å². The fourth-order valence-corrected chi connectivity index (χ4v) is 3.87. The summed E-state index contributed by atoms with van der Waals surface area (Å²) in [7, 11) is 4.77. The van der Waals surface area contributed by atoms with E-state index >= 15 is 0 Å². The first-order chi connectivity index (χ1) is 16.5. The van der Waals surface area contributed by atoms with Crippen LogP contribution in [0.2, 0.25) is 5.02 Å². The summed E-state index contributed by atoms with van der Waals surface area (Å²) in [6, 6.07) is 15.0. The molecule has 0 aliphatic carbocycles. The van der Waals surface area contributed by atoms with Crippen LogP contribution in [0.25, 0.3) is 0 Å². The number of ether oxygens (including phenoxy) is 3. The molecule has 0 fully saturated rings. The third-order valence-electron chi connectivity index (χ3n) is 5.67. The van der Waals surface area contributed by atoms with Crippen molar-refractivity contribution >= 4 is 17.5 Å². The van der Waals surface area contributed by atoms with Crippen LogP contribution in [0.4, 0.5) is 0 Å². The van der Waals surface area contributed by atoms with Crippen LogP contribution in [-0.2, 0) is 12.8 Å². The number of carbonyl (C=O) groups excluding carboxylic acids is 1. The summed E-state index contributed by atoms with van der Waals surface area (Å²) < 4.78 is 15.8. The topological polar surface area (TPSA) is 73.8 Å². The summed E-state index contributed by atoms with van der Waals surface area (Å²) >= 11 is 6.29. The Morgan fingerprint density at radius 2 is 1.76 bits per heavy atom. The van der Waals surface area contributed by atoms with Gasteiger partial charge in [0.1, 0.15) is 11.4 Å². The van der Waals surface area contributed by atoms with E-state index in [1.54, 1.807) is 39.7 Å². The van der Waals surface area contributed by atoms with Crippen LogP contribution in [-0.4, -0.2) is 54.7 Å². The Morgan fingerprint density at radius 3 is 2.41 bits per heavy atom. The molecule has 2 heterocycles. The molecule has 0 saturated heterocycles. The zero-order chi connectivity index (χ0) is 24.5. The number of aromatic nitrogens is 2. The molecule has 0 aliphatic rings. The first kappa shape index (κ1) is 25.3. The maximum absolute atomic E-state index is 13.4. The van der Waals surface area contributed by atoms with E-state index in [1.807, 2.05) is 48.2 Å². The molecule has 0 saturated carbocycles. The second-order valence-corrected chi connectivity index (χ2v) is 8.24. The molecule has 3 rings (SSSR count). The van der Waals surface area contributed by atoms with Gasteiger partial charge in [0.05, 0.1) is 26.4 Å². The second kappa shape index (κ2) is 12.2. The zero-order valence-electron chi connectivity index (χ0n) is 20.0. The smallest absolute Gasteiger partial charge is 0.274 e. The molecule has 180 valence electrons. The lowest BCUT2D eigenvalue weighted by Crippen LogP contribution is -2.41. The lowest BCUT2D eigenvalue weighted by Gasteiger charge is -2.29. The molecule has 8 heteroatoms. The van der Waals surface area contributed by atoms with Gasteiger partial charge in [-0.1, -0.05) is 23.7 Å². The molecule has 0 N–H and O–H groups in total. The van der Waals surface area contributed by atoms with Crippen molar-refractivity contribution in [3.05, 3.63) is 76.7 Å². The molecule has 0 radical (unpaired) electrons. The van der Waals surface area contributed by atoms with Gasteiger partial charge >= 0.3 is 0 Å². The summed E-state index contributed by atoms with van der Waals surface area (Å²) in [5, 5.41) is 0.337. The number of hydrogen-bond acceptors (Lipinski definition) is 6. The zero-order valence-corrected chi connectivity index (χ0v) is 20.7. The summed E-state index contributed by atoms with van der Waals surface area (Å²) in [4.78, 5) is 24.0. The molecule has 1 atom stereocenters. The molecule has 1 amide bonds. The normalized spacial score (nSPS) is 11.6. The summed E-state index contributed by atoms with van der Waals surface area (Å²) in [6.07, 6.45) is 3.72. The van der Waals surface area contributed by atoms with E-state index < -0.39 is 0 Å². The van der Waals surface area contributed by atoms with Crippen LogP contribution in [0, 0.1) is 0 Å². The summed E-state index contributed by atoms with van der Waals surface area (Å²) in [6.45, 7) is 2.50. The molecule has 2 aromatic heterocycles. The number of pyridine rings is 2. The average molecular weight is 484 g/mol. The van der Waals surface area contributed by atoms with Crippen molar-refractivity contribution in [3.63, 3.8) is 0 Å². The quantitative estimate of drug-likeness (QED) is 0.387. The molecule has 0 bridgehead atoms. The Balaban J connectivity index is 1.77. The summed E-state index contributed by atoms with van der Waals surface area (Å²) in [5.41, 5.74) is 2.23. The Morgan fingerprint density at radius 1 is 1.00 bits per heavy atom. The number of amides is 1. The summed E-state index contributed by atoms with van der Waals surface area (Å²) in [5.74, 6) is 1.60. The van der Waals surface area contributed by atoms with Crippen LogP contribution >= 0.6 is 11.6 Å². The fourth-order valence-electron chi connectivity index (χ4n) is 3.67.